The molecule has 0 atom stereocenters. The summed E-state index contributed by atoms with van der Waals surface area (Å²) in [5, 5.41) is 24.1. The fourth-order valence-electron chi connectivity index (χ4n) is 4.89. The van der Waals surface area contributed by atoms with Crippen LogP contribution in [0.2, 0.25) is 0 Å². The Labute approximate surface area is 253 Å². The Balaban J connectivity index is 1.03. The molecule has 10 heteroatoms. The standard InChI is InChI=1S/C32H32N6O2S2/c1-3-37-29(21-39-27-17-9-13-23-11-5-7-15-25(23)27)33-35-31(37)41-19-20-42-32-36-34-30(38(32)4-2)22-40-28-18-10-14-24-12-6-8-16-26(24)28/h5-18H,3-4,19-22H2,1-2H3. The maximum atomic E-state index is 6.18. The molecule has 214 valence electrons. The molecule has 0 saturated heterocycles. The molecule has 8 nitrogen and oxygen atoms in total. The lowest BCUT2D eigenvalue weighted by Crippen LogP contribution is -2.08. The number of nitrogens with zero attached hydrogens (tertiary/aromatic N) is 6. The van der Waals surface area contributed by atoms with Gasteiger partial charge in [0, 0.05) is 35.4 Å². The first-order valence-corrected chi connectivity index (χ1v) is 16.0. The van der Waals surface area contributed by atoms with Crippen molar-refractivity contribution in [3.8, 4) is 11.5 Å². The molecule has 0 spiro atoms. The van der Waals surface area contributed by atoms with E-state index in [9.17, 15) is 0 Å². The second-order valence-corrected chi connectivity index (χ2v) is 11.6. The Hall–Kier alpha value is -4.02. The number of hydrogen-bond acceptors (Lipinski definition) is 8. The fraction of sp³-hybridized carbons (Fsp3) is 0.250. The third-order valence-electron chi connectivity index (χ3n) is 6.98. The van der Waals surface area contributed by atoms with E-state index in [4.69, 9.17) is 9.47 Å². The Morgan fingerprint density at radius 3 is 1.43 bits per heavy atom. The number of benzene rings is 4. The minimum Gasteiger partial charge on any atom is -0.485 e. The van der Waals surface area contributed by atoms with E-state index in [0.29, 0.717) is 13.2 Å². The predicted octanol–water partition coefficient (Wildman–Crippen LogP) is 7.26. The van der Waals surface area contributed by atoms with Gasteiger partial charge in [-0.25, -0.2) is 0 Å². The number of aromatic nitrogens is 6. The van der Waals surface area contributed by atoms with Gasteiger partial charge in [0.1, 0.15) is 24.7 Å². The minimum absolute atomic E-state index is 0.368. The van der Waals surface area contributed by atoms with E-state index in [1.165, 1.54) is 0 Å². The SMILES string of the molecule is CCn1c(COc2cccc3ccccc23)nnc1SCCSc1nnc(COc2cccc3ccccc23)n1CC. The van der Waals surface area contributed by atoms with E-state index in [-0.39, 0.29) is 0 Å². The van der Waals surface area contributed by atoms with Crippen LogP contribution in [0.4, 0.5) is 0 Å². The van der Waals surface area contributed by atoms with Gasteiger partial charge in [0.05, 0.1) is 0 Å². The second kappa shape index (κ2) is 13.3. The first-order valence-electron chi connectivity index (χ1n) is 14.1. The highest BCUT2D eigenvalue weighted by Gasteiger charge is 2.15. The number of fused-ring (bicyclic) bond motifs is 2. The van der Waals surface area contributed by atoms with Crippen molar-refractivity contribution in [2.45, 2.75) is 50.5 Å². The van der Waals surface area contributed by atoms with Crippen LogP contribution >= 0.6 is 23.5 Å². The topological polar surface area (TPSA) is 79.9 Å². The highest BCUT2D eigenvalue weighted by molar-refractivity contribution is 8.02. The van der Waals surface area contributed by atoms with E-state index in [0.717, 1.165) is 79.6 Å². The zero-order chi connectivity index (χ0) is 28.7. The molecule has 2 aromatic heterocycles. The van der Waals surface area contributed by atoms with Crippen molar-refractivity contribution in [3.63, 3.8) is 0 Å². The van der Waals surface area contributed by atoms with Gasteiger partial charge in [-0.3, -0.25) is 0 Å². The van der Waals surface area contributed by atoms with Crippen molar-refractivity contribution in [1.29, 1.82) is 0 Å². The maximum Gasteiger partial charge on any atom is 0.191 e. The molecule has 0 N–H and O–H groups in total. The number of hydrogen-bond donors (Lipinski definition) is 0. The van der Waals surface area contributed by atoms with Gasteiger partial charge in [0.25, 0.3) is 0 Å². The lowest BCUT2D eigenvalue weighted by Gasteiger charge is -2.11. The van der Waals surface area contributed by atoms with Crippen LogP contribution in [-0.2, 0) is 26.3 Å². The maximum absolute atomic E-state index is 6.18. The minimum atomic E-state index is 0.368. The van der Waals surface area contributed by atoms with Gasteiger partial charge in [0.15, 0.2) is 22.0 Å². The summed E-state index contributed by atoms with van der Waals surface area (Å²) in [5.74, 6) is 5.08. The van der Waals surface area contributed by atoms with E-state index in [2.05, 4.69) is 79.8 Å². The molecule has 42 heavy (non-hydrogen) atoms. The van der Waals surface area contributed by atoms with E-state index in [1.54, 1.807) is 23.5 Å². The summed E-state index contributed by atoms with van der Waals surface area (Å²) >= 11 is 3.39. The van der Waals surface area contributed by atoms with E-state index >= 15 is 0 Å². The van der Waals surface area contributed by atoms with Crippen LogP contribution in [0, 0.1) is 0 Å². The van der Waals surface area contributed by atoms with Crippen LogP contribution in [0.25, 0.3) is 21.5 Å². The van der Waals surface area contributed by atoms with Gasteiger partial charge in [-0.2, -0.15) is 0 Å². The zero-order valence-corrected chi connectivity index (χ0v) is 25.3. The third kappa shape index (κ3) is 6.10. The van der Waals surface area contributed by atoms with Crippen LogP contribution in [0.3, 0.4) is 0 Å². The first kappa shape index (κ1) is 28.1. The average molecular weight is 597 g/mol. The zero-order valence-electron chi connectivity index (χ0n) is 23.6. The molecular formula is C32H32N6O2S2. The molecule has 0 aliphatic rings. The summed E-state index contributed by atoms with van der Waals surface area (Å²) in [6.07, 6.45) is 0. The monoisotopic (exact) mass is 596 g/mol. The predicted molar refractivity (Wildman–Crippen MR) is 169 cm³/mol. The van der Waals surface area contributed by atoms with E-state index < -0.39 is 0 Å². The van der Waals surface area contributed by atoms with Crippen molar-refractivity contribution in [2.24, 2.45) is 0 Å². The number of thioether (sulfide) groups is 2. The lowest BCUT2D eigenvalue weighted by atomic mass is 10.1. The number of rotatable bonds is 13. The van der Waals surface area contributed by atoms with Crippen LogP contribution < -0.4 is 9.47 Å². The van der Waals surface area contributed by atoms with Gasteiger partial charge < -0.3 is 18.6 Å². The quantitative estimate of drug-likeness (QED) is 0.102. The van der Waals surface area contributed by atoms with Crippen molar-refractivity contribution >= 4 is 45.1 Å². The molecular weight excluding hydrogens is 565 g/mol. The summed E-state index contributed by atoms with van der Waals surface area (Å²) in [6, 6.07) is 28.7. The molecule has 6 aromatic rings. The van der Waals surface area contributed by atoms with Gasteiger partial charge in [-0.1, -0.05) is 96.3 Å². The normalized spacial score (nSPS) is 11.4. The average Bonchev–Trinajstić information content (AvgIpc) is 3.63. The Morgan fingerprint density at radius 2 is 0.976 bits per heavy atom. The van der Waals surface area contributed by atoms with Crippen LogP contribution in [0.1, 0.15) is 25.5 Å². The van der Waals surface area contributed by atoms with Crippen molar-refractivity contribution in [2.75, 3.05) is 11.5 Å². The summed E-state index contributed by atoms with van der Waals surface area (Å²) in [4.78, 5) is 0. The lowest BCUT2D eigenvalue weighted by molar-refractivity contribution is 0.291. The van der Waals surface area contributed by atoms with E-state index in [1.807, 2.05) is 48.5 Å². The molecule has 0 fully saturated rings. The van der Waals surface area contributed by atoms with Gasteiger partial charge >= 0.3 is 0 Å². The summed E-state index contributed by atoms with van der Waals surface area (Å²) in [5.41, 5.74) is 0. The molecule has 0 saturated carbocycles. The van der Waals surface area contributed by atoms with Crippen LogP contribution in [0.5, 0.6) is 11.5 Å². The van der Waals surface area contributed by atoms with Crippen LogP contribution in [-0.4, -0.2) is 41.0 Å². The van der Waals surface area contributed by atoms with Gasteiger partial charge in [0.2, 0.25) is 0 Å². The molecule has 0 radical (unpaired) electrons. The first-order chi connectivity index (χ1) is 20.7. The van der Waals surface area contributed by atoms with Gasteiger partial charge in [-0.15, -0.1) is 20.4 Å². The molecule has 0 aliphatic carbocycles. The summed E-state index contributed by atoms with van der Waals surface area (Å²) in [7, 11) is 0. The molecule has 0 aliphatic heterocycles. The highest BCUT2D eigenvalue weighted by atomic mass is 32.2. The fourth-order valence-corrected chi connectivity index (χ4v) is 6.90. The molecule has 0 unspecified atom stereocenters. The van der Waals surface area contributed by atoms with Crippen molar-refractivity contribution in [3.05, 3.63) is 96.6 Å². The number of ether oxygens (including phenoxy) is 2. The Morgan fingerprint density at radius 1 is 0.548 bits per heavy atom. The third-order valence-corrected chi connectivity index (χ3v) is 9.17. The van der Waals surface area contributed by atoms with Crippen molar-refractivity contribution < 1.29 is 9.47 Å². The summed E-state index contributed by atoms with van der Waals surface area (Å²) < 4.78 is 16.6. The van der Waals surface area contributed by atoms with Crippen molar-refractivity contribution in [1.82, 2.24) is 29.5 Å². The Bertz CT molecular complexity index is 1660. The molecule has 6 rings (SSSR count). The Kier molecular flexibility index (Phi) is 8.91. The highest BCUT2D eigenvalue weighted by Crippen LogP contribution is 2.28. The largest absolute Gasteiger partial charge is 0.485 e. The molecule has 0 bridgehead atoms. The molecule has 0 amide bonds. The van der Waals surface area contributed by atoms with Gasteiger partial charge in [-0.05, 0) is 36.8 Å². The summed E-state index contributed by atoms with van der Waals surface area (Å²) in [6.45, 7) is 6.51. The second-order valence-electron chi connectivity index (χ2n) is 9.51. The smallest absolute Gasteiger partial charge is 0.191 e. The molecule has 4 aromatic carbocycles. The molecule has 2 heterocycles. The van der Waals surface area contributed by atoms with Crippen LogP contribution in [0.15, 0.2) is 95.2 Å².